The maximum absolute atomic E-state index is 12.7. The van der Waals surface area contributed by atoms with E-state index in [4.69, 9.17) is 4.74 Å². The molecule has 1 heterocycles. The number of anilines is 2. The van der Waals surface area contributed by atoms with E-state index in [0.717, 1.165) is 31.6 Å². The van der Waals surface area contributed by atoms with Crippen molar-refractivity contribution >= 4 is 23.2 Å². The van der Waals surface area contributed by atoms with Gasteiger partial charge >= 0.3 is 0 Å². The second-order valence-electron chi connectivity index (χ2n) is 7.39. The van der Waals surface area contributed by atoms with Gasteiger partial charge in [0.05, 0.1) is 18.8 Å². The number of benzene rings is 2. The van der Waals surface area contributed by atoms with Gasteiger partial charge in [-0.3, -0.25) is 9.59 Å². The zero-order valence-electron chi connectivity index (χ0n) is 17.1. The summed E-state index contributed by atoms with van der Waals surface area (Å²) in [7, 11) is 0. The highest BCUT2D eigenvalue weighted by atomic mass is 16.5. The maximum Gasteiger partial charge on any atom is 0.253 e. The van der Waals surface area contributed by atoms with Crippen LogP contribution in [0.2, 0.25) is 0 Å². The predicted octanol–water partition coefficient (Wildman–Crippen LogP) is 4.01. The molecule has 0 spiro atoms. The van der Waals surface area contributed by atoms with E-state index >= 15 is 0 Å². The summed E-state index contributed by atoms with van der Waals surface area (Å²) >= 11 is 0. The molecule has 0 radical (unpaired) electrons. The molecule has 0 unspecified atom stereocenters. The molecule has 29 heavy (non-hydrogen) atoms. The molecule has 1 fully saturated rings. The minimum atomic E-state index is -0.187. The smallest absolute Gasteiger partial charge is 0.253 e. The molecule has 154 valence electrons. The minimum absolute atomic E-state index is 0.0248. The number of carbonyl (C=O) groups is 2. The number of amides is 2. The van der Waals surface area contributed by atoms with E-state index in [9.17, 15) is 9.59 Å². The van der Waals surface area contributed by atoms with Crippen molar-refractivity contribution in [2.24, 2.45) is 5.92 Å². The van der Waals surface area contributed by atoms with Crippen LogP contribution in [0, 0.1) is 5.92 Å². The van der Waals surface area contributed by atoms with Gasteiger partial charge in [-0.1, -0.05) is 25.1 Å². The average molecular weight is 396 g/mol. The lowest BCUT2D eigenvalue weighted by Crippen LogP contribution is -2.37. The first-order chi connectivity index (χ1) is 14.1. The van der Waals surface area contributed by atoms with Gasteiger partial charge in [0.25, 0.3) is 5.91 Å². The van der Waals surface area contributed by atoms with E-state index in [1.54, 1.807) is 24.3 Å². The van der Waals surface area contributed by atoms with Gasteiger partial charge in [-0.2, -0.15) is 0 Å². The topological polar surface area (TPSA) is 70.7 Å². The van der Waals surface area contributed by atoms with Crippen LogP contribution in [0.25, 0.3) is 0 Å². The number of hydrogen-bond donors (Lipinski definition) is 2. The van der Waals surface area contributed by atoms with Crippen LogP contribution in [0.5, 0.6) is 5.75 Å². The minimum Gasteiger partial charge on any atom is -0.492 e. The molecule has 2 N–H and O–H groups in total. The first-order valence-corrected chi connectivity index (χ1v) is 10.2. The molecule has 2 amide bonds. The van der Waals surface area contributed by atoms with Crippen LogP contribution in [-0.4, -0.2) is 43.0 Å². The molecule has 0 aromatic heterocycles. The van der Waals surface area contributed by atoms with Crippen LogP contribution in [0.4, 0.5) is 11.4 Å². The Morgan fingerprint density at radius 1 is 1.10 bits per heavy atom. The van der Waals surface area contributed by atoms with E-state index in [0.29, 0.717) is 29.5 Å². The Balaban J connectivity index is 1.57. The molecule has 2 aromatic rings. The molecule has 0 bridgehead atoms. The van der Waals surface area contributed by atoms with Gasteiger partial charge in [0.1, 0.15) is 5.75 Å². The standard InChI is InChI=1S/C23H29N3O3/c1-3-29-21-10-5-4-9-20(21)24-16-22(27)25-19-8-6-7-18(15-19)23(28)26-13-11-17(2)12-14-26/h4-10,15,17,24H,3,11-14,16H2,1-2H3,(H,25,27). The summed E-state index contributed by atoms with van der Waals surface area (Å²) in [6, 6.07) is 14.6. The van der Waals surface area contributed by atoms with Crippen LogP contribution in [-0.2, 0) is 4.79 Å². The van der Waals surface area contributed by atoms with Crippen LogP contribution in [0.1, 0.15) is 37.0 Å². The fourth-order valence-electron chi connectivity index (χ4n) is 3.40. The number of para-hydroxylation sites is 2. The molecule has 1 aliphatic heterocycles. The Bertz CT molecular complexity index is 845. The number of ether oxygens (including phenoxy) is 1. The molecular weight excluding hydrogens is 366 g/mol. The van der Waals surface area contributed by atoms with Gasteiger partial charge in [-0.15, -0.1) is 0 Å². The number of carbonyl (C=O) groups excluding carboxylic acids is 2. The Labute approximate surface area is 172 Å². The zero-order chi connectivity index (χ0) is 20.6. The van der Waals surface area contributed by atoms with Gasteiger partial charge in [0, 0.05) is 24.3 Å². The van der Waals surface area contributed by atoms with Crippen LogP contribution in [0.3, 0.4) is 0 Å². The lowest BCUT2D eigenvalue weighted by molar-refractivity contribution is -0.114. The highest BCUT2D eigenvalue weighted by molar-refractivity contribution is 5.98. The summed E-state index contributed by atoms with van der Waals surface area (Å²) in [5.41, 5.74) is 1.99. The molecule has 2 aromatic carbocycles. The molecule has 3 rings (SSSR count). The highest BCUT2D eigenvalue weighted by Crippen LogP contribution is 2.23. The summed E-state index contributed by atoms with van der Waals surface area (Å²) in [6.07, 6.45) is 2.08. The SMILES string of the molecule is CCOc1ccccc1NCC(=O)Nc1cccc(C(=O)N2CCC(C)CC2)c1. The molecule has 6 heteroatoms. The largest absolute Gasteiger partial charge is 0.492 e. The maximum atomic E-state index is 12.7. The van der Waals surface area contributed by atoms with Crippen molar-refractivity contribution in [3.8, 4) is 5.75 Å². The molecular formula is C23H29N3O3. The molecule has 1 aliphatic rings. The number of piperidine rings is 1. The Hall–Kier alpha value is -3.02. The van der Waals surface area contributed by atoms with E-state index in [1.165, 1.54) is 0 Å². The monoisotopic (exact) mass is 395 g/mol. The van der Waals surface area contributed by atoms with Gasteiger partial charge in [-0.25, -0.2) is 0 Å². The lowest BCUT2D eigenvalue weighted by Gasteiger charge is -2.30. The summed E-state index contributed by atoms with van der Waals surface area (Å²) in [6.45, 7) is 6.38. The molecule has 0 atom stereocenters. The molecule has 6 nitrogen and oxygen atoms in total. The Morgan fingerprint density at radius 3 is 2.62 bits per heavy atom. The summed E-state index contributed by atoms with van der Waals surface area (Å²) in [4.78, 5) is 27.0. The van der Waals surface area contributed by atoms with E-state index in [-0.39, 0.29) is 18.4 Å². The molecule has 0 saturated carbocycles. The van der Waals surface area contributed by atoms with Crippen molar-refractivity contribution in [3.63, 3.8) is 0 Å². The van der Waals surface area contributed by atoms with Gasteiger partial charge < -0.3 is 20.3 Å². The van der Waals surface area contributed by atoms with Gasteiger partial charge in [0.2, 0.25) is 5.91 Å². The van der Waals surface area contributed by atoms with Crippen LogP contribution in [0.15, 0.2) is 48.5 Å². The molecule has 1 saturated heterocycles. The lowest BCUT2D eigenvalue weighted by atomic mass is 9.98. The van der Waals surface area contributed by atoms with Gasteiger partial charge in [0.15, 0.2) is 0 Å². The quantitative estimate of drug-likeness (QED) is 0.743. The second-order valence-corrected chi connectivity index (χ2v) is 7.39. The third-order valence-corrected chi connectivity index (χ3v) is 5.09. The van der Waals surface area contributed by atoms with Gasteiger partial charge in [-0.05, 0) is 56.0 Å². The molecule has 0 aliphatic carbocycles. The Morgan fingerprint density at radius 2 is 1.86 bits per heavy atom. The Kier molecular flexibility index (Phi) is 7.11. The van der Waals surface area contributed by atoms with E-state index in [1.807, 2.05) is 36.1 Å². The number of likely N-dealkylation sites (tertiary alicyclic amines) is 1. The van der Waals surface area contributed by atoms with Crippen molar-refractivity contribution < 1.29 is 14.3 Å². The first-order valence-electron chi connectivity index (χ1n) is 10.2. The van der Waals surface area contributed by atoms with Crippen LogP contribution >= 0.6 is 0 Å². The highest BCUT2D eigenvalue weighted by Gasteiger charge is 2.21. The van der Waals surface area contributed by atoms with Crippen molar-refractivity contribution in [1.82, 2.24) is 4.90 Å². The fraction of sp³-hybridized carbons (Fsp3) is 0.391. The second kappa shape index (κ2) is 9.96. The zero-order valence-corrected chi connectivity index (χ0v) is 17.1. The third kappa shape index (κ3) is 5.73. The fourth-order valence-corrected chi connectivity index (χ4v) is 3.40. The van der Waals surface area contributed by atoms with Crippen molar-refractivity contribution in [3.05, 3.63) is 54.1 Å². The van der Waals surface area contributed by atoms with Crippen molar-refractivity contribution in [2.45, 2.75) is 26.7 Å². The normalized spacial score (nSPS) is 14.3. The van der Waals surface area contributed by atoms with Crippen molar-refractivity contribution in [1.29, 1.82) is 0 Å². The predicted molar refractivity (Wildman–Crippen MR) is 115 cm³/mol. The number of nitrogens with one attached hydrogen (secondary N) is 2. The first kappa shape index (κ1) is 20.7. The van der Waals surface area contributed by atoms with Crippen LogP contribution < -0.4 is 15.4 Å². The van der Waals surface area contributed by atoms with Crippen molar-refractivity contribution in [2.75, 3.05) is 36.9 Å². The average Bonchev–Trinajstić information content (AvgIpc) is 2.73. The number of hydrogen-bond acceptors (Lipinski definition) is 4. The number of rotatable bonds is 7. The summed E-state index contributed by atoms with van der Waals surface area (Å²) < 4.78 is 5.56. The van der Waals surface area contributed by atoms with E-state index < -0.39 is 0 Å². The third-order valence-electron chi connectivity index (χ3n) is 5.09. The summed E-state index contributed by atoms with van der Waals surface area (Å²) in [5.74, 6) is 1.22. The summed E-state index contributed by atoms with van der Waals surface area (Å²) in [5, 5.41) is 5.95. The van der Waals surface area contributed by atoms with E-state index in [2.05, 4.69) is 17.6 Å². The number of nitrogens with zero attached hydrogens (tertiary/aromatic N) is 1.